The fourth-order valence-electron chi connectivity index (χ4n) is 5.55. The number of anilines is 2. The van der Waals surface area contributed by atoms with E-state index in [0.29, 0.717) is 31.0 Å². The second kappa shape index (κ2) is 15.3. The second-order valence-electron chi connectivity index (χ2n) is 12.2. The number of aliphatic hydroxyl groups excluding tert-OH is 1. The van der Waals surface area contributed by atoms with Crippen molar-refractivity contribution >= 4 is 34.1 Å². The predicted molar refractivity (Wildman–Crippen MR) is 177 cm³/mol. The number of aliphatic hydroxyl groups is 1. The molecule has 238 valence electrons. The first-order chi connectivity index (χ1) is 21.1. The van der Waals surface area contributed by atoms with Crippen LogP contribution in [0.1, 0.15) is 50.4 Å². The normalized spacial score (nSPS) is 20.7. The van der Waals surface area contributed by atoms with Crippen molar-refractivity contribution in [3.8, 4) is 5.75 Å². The largest absolute Gasteiger partial charge is 0.490 e. The maximum absolute atomic E-state index is 14.2. The van der Waals surface area contributed by atoms with Crippen molar-refractivity contribution in [3.63, 3.8) is 0 Å². The number of hydrogen-bond donors (Lipinski definition) is 2. The van der Waals surface area contributed by atoms with Crippen LogP contribution in [0.2, 0.25) is 0 Å². The van der Waals surface area contributed by atoms with Gasteiger partial charge in [0.25, 0.3) is 5.91 Å². The van der Waals surface area contributed by atoms with Gasteiger partial charge in [0.15, 0.2) is 0 Å². The van der Waals surface area contributed by atoms with Crippen molar-refractivity contribution < 1.29 is 24.2 Å². The number of carbonyl (C=O) groups is 2. The Labute approximate surface area is 261 Å². The van der Waals surface area contributed by atoms with Crippen LogP contribution in [0.4, 0.5) is 16.2 Å². The van der Waals surface area contributed by atoms with E-state index in [2.05, 4.69) is 5.32 Å². The summed E-state index contributed by atoms with van der Waals surface area (Å²) in [4.78, 5) is 32.9. The maximum Gasteiger partial charge on any atom is 0.321 e. The summed E-state index contributed by atoms with van der Waals surface area (Å²) in [5.41, 5.74) is 2.11. The summed E-state index contributed by atoms with van der Waals surface area (Å²) in [6.45, 7) is 6.92. The number of rotatable bonds is 6. The summed E-state index contributed by atoms with van der Waals surface area (Å²) in [5, 5.41) is 15.3. The van der Waals surface area contributed by atoms with Crippen LogP contribution in [0, 0.1) is 5.92 Å². The lowest BCUT2D eigenvalue weighted by Crippen LogP contribution is -2.48. The van der Waals surface area contributed by atoms with Gasteiger partial charge in [-0.25, -0.2) is 4.79 Å². The molecule has 0 aromatic heterocycles. The minimum Gasteiger partial charge on any atom is -0.490 e. The number of ether oxygens (including phenoxy) is 2. The van der Waals surface area contributed by atoms with Gasteiger partial charge in [-0.2, -0.15) is 0 Å². The third-order valence-electron chi connectivity index (χ3n) is 8.38. The van der Waals surface area contributed by atoms with Crippen molar-refractivity contribution in [2.45, 2.75) is 58.3 Å². The molecule has 0 saturated heterocycles. The Morgan fingerprint density at radius 2 is 1.82 bits per heavy atom. The van der Waals surface area contributed by atoms with Gasteiger partial charge in [-0.15, -0.1) is 0 Å². The number of nitrogens with zero attached hydrogens (tertiary/aromatic N) is 3. The molecule has 3 amide bonds. The highest BCUT2D eigenvalue weighted by atomic mass is 16.5. The SMILES string of the molecule is C[C@@H]1CCCCO[C@H](CN(C)C(=O)Nc2cccc3ccccc23)[C@@H](C)CN([C@H](C)CO)C(=O)c2cc(N(C)C)ccc2O1. The molecule has 9 nitrogen and oxygen atoms in total. The number of benzene rings is 3. The second-order valence-corrected chi connectivity index (χ2v) is 12.2. The maximum atomic E-state index is 14.2. The van der Waals surface area contributed by atoms with Gasteiger partial charge in [0.05, 0.1) is 36.1 Å². The van der Waals surface area contributed by atoms with E-state index in [9.17, 15) is 14.7 Å². The lowest BCUT2D eigenvalue weighted by atomic mass is 10.0. The molecule has 0 aliphatic carbocycles. The number of amides is 3. The third-order valence-corrected chi connectivity index (χ3v) is 8.38. The van der Waals surface area contributed by atoms with E-state index in [1.165, 1.54) is 0 Å². The molecule has 9 heteroatoms. The van der Waals surface area contributed by atoms with Crippen LogP contribution in [0.25, 0.3) is 10.8 Å². The Hall–Kier alpha value is -3.82. The fourth-order valence-corrected chi connectivity index (χ4v) is 5.55. The van der Waals surface area contributed by atoms with Gasteiger partial charge in [0.1, 0.15) is 5.75 Å². The van der Waals surface area contributed by atoms with Crippen LogP contribution in [-0.2, 0) is 4.74 Å². The predicted octanol–water partition coefficient (Wildman–Crippen LogP) is 5.87. The van der Waals surface area contributed by atoms with E-state index < -0.39 is 6.04 Å². The zero-order chi connectivity index (χ0) is 31.8. The molecule has 0 bridgehead atoms. The first kappa shape index (κ1) is 33.1. The highest BCUT2D eigenvalue weighted by molar-refractivity contribution is 6.01. The van der Waals surface area contributed by atoms with E-state index in [-0.39, 0.29) is 36.7 Å². The van der Waals surface area contributed by atoms with Crippen LogP contribution in [0.5, 0.6) is 5.75 Å². The summed E-state index contributed by atoms with van der Waals surface area (Å²) in [6, 6.07) is 18.8. The van der Waals surface area contributed by atoms with Gasteiger partial charge in [0.2, 0.25) is 0 Å². The number of fused-ring (bicyclic) bond motifs is 2. The number of nitrogens with one attached hydrogen (secondary N) is 1. The molecule has 3 aromatic carbocycles. The van der Waals surface area contributed by atoms with E-state index in [0.717, 1.165) is 41.4 Å². The summed E-state index contributed by atoms with van der Waals surface area (Å²) in [7, 11) is 5.63. The summed E-state index contributed by atoms with van der Waals surface area (Å²) in [6.07, 6.45) is 2.16. The lowest BCUT2D eigenvalue weighted by molar-refractivity contribution is -0.0115. The number of urea groups is 1. The summed E-state index contributed by atoms with van der Waals surface area (Å²) in [5.74, 6) is 0.205. The zero-order valence-electron chi connectivity index (χ0n) is 27.0. The van der Waals surface area contributed by atoms with Crippen molar-refractivity contribution in [1.29, 1.82) is 0 Å². The lowest BCUT2D eigenvalue weighted by Gasteiger charge is -2.36. The molecule has 0 fully saturated rings. The van der Waals surface area contributed by atoms with Gasteiger partial charge < -0.3 is 34.6 Å². The van der Waals surface area contributed by atoms with Crippen molar-refractivity contribution in [3.05, 3.63) is 66.2 Å². The molecule has 1 aliphatic heterocycles. The molecular weight excluding hydrogens is 556 g/mol. The topological polar surface area (TPSA) is 94.6 Å². The van der Waals surface area contributed by atoms with Gasteiger partial charge in [-0.1, -0.05) is 43.3 Å². The number of hydrogen-bond acceptors (Lipinski definition) is 6. The van der Waals surface area contributed by atoms with E-state index in [1.54, 1.807) is 16.8 Å². The van der Waals surface area contributed by atoms with E-state index in [1.807, 2.05) is 100 Å². The molecule has 0 unspecified atom stereocenters. The van der Waals surface area contributed by atoms with E-state index >= 15 is 0 Å². The van der Waals surface area contributed by atoms with Crippen molar-refractivity contribution in [2.24, 2.45) is 5.92 Å². The molecule has 1 heterocycles. The molecule has 1 aliphatic rings. The van der Waals surface area contributed by atoms with Crippen LogP contribution >= 0.6 is 0 Å². The summed E-state index contributed by atoms with van der Waals surface area (Å²) < 4.78 is 12.7. The van der Waals surface area contributed by atoms with Gasteiger partial charge >= 0.3 is 6.03 Å². The highest BCUT2D eigenvalue weighted by Crippen LogP contribution is 2.29. The molecule has 4 atom stereocenters. The van der Waals surface area contributed by atoms with Gasteiger partial charge in [-0.05, 0) is 62.8 Å². The molecular formula is C35H48N4O5. The minimum absolute atomic E-state index is 0.0861. The molecule has 0 saturated carbocycles. The highest BCUT2D eigenvalue weighted by Gasteiger charge is 2.31. The van der Waals surface area contributed by atoms with Crippen LogP contribution in [-0.4, -0.2) is 92.5 Å². The Bertz CT molecular complexity index is 1410. The Kier molecular flexibility index (Phi) is 11.5. The standard InChI is InChI=1S/C35H48N4O5/c1-24-21-39(25(2)23-40)34(41)30-20-28(37(4)5)17-18-32(30)44-26(3)12-9-10-19-43-33(24)22-38(6)35(42)36-31-16-11-14-27-13-7-8-15-29(27)31/h7-8,11,13-18,20,24-26,33,40H,9-10,12,19,21-23H2,1-6H3,(H,36,42)/t24-,25+,26+,33+/m0/s1. The van der Waals surface area contributed by atoms with Gasteiger partial charge in [-0.3, -0.25) is 4.79 Å². The Balaban J connectivity index is 1.58. The molecule has 0 spiro atoms. The monoisotopic (exact) mass is 604 g/mol. The Morgan fingerprint density at radius 3 is 2.57 bits per heavy atom. The van der Waals surface area contributed by atoms with Crippen LogP contribution < -0.4 is 15.0 Å². The average molecular weight is 605 g/mol. The van der Waals surface area contributed by atoms with Gasteiger partial charge in [0, 0.05) is 57.8 Å². The molecule has 44 heavy (non-hydrogen) atoms. The summed E-state index contributed by atoms with van der Waals surface area (Å²) >= 11 is 0. The quantitative estimate of drug-likeness (QED) is 0.366. The first-order valence-corrected chi connectivity index (χ1v) is 15.6. The molecule has 3 aromatic rings. The molecule has 0 radical (unpaired) electrons. The molecule has 2 N–H and O–H groups in total. The van der Waals surface area contributed by atoms with Crippen molar-refractivity contribution in [1.82, 2.24) is 9.80 Å². The third kappa shape index (κ3) is 8.21. The fraction of sp³-hybridized carbons (Fsp3) is 0.486. The van der Waals surface area contributed by atoms with E-state index in [4.69, 9.17) is 9.47 Å². The minimum atomic E-state index is -0.431. The molecule has 4 rings (SSSR count). The number of carbonyl (C=O) groups excluding carboxylic acids is 2. The number of likely N-dealkylation sites (N-methyl/N-ethyl adjacent to an activating group) is 1. The first-order valence-electron chi connectivity index (χ1n) is 15.6. The smallest absolute Gasteiger partial charge is 0.321 e. The Morgan fingerprint density at radius 1 is 1.07 bits per heavy atom. The average Bonchev–Trinajstić information content (AvgIpc) is 3.01. The van der Waals surface area contributed by atoms with Crippen LogP contribution in [0.15, 0.2) is 60.7 Å². The zero-order valence-corrected chi connectivity index (χ0v) is 27.0. The van der Waals surface area contributed by atoms with Crippen LogP contribution in [0.3, 0.4) is 0 Å². The van der Waals surface area contributed by atoms with Crippen molar-refractivity contribution in [2.75, 3.05) is 57.7 Å².